The predicted octanol–water partition coefficient (Wildman–Crippen LogP) is 1.29. The minimum atomic E-state index is -0.0658. The zero-order chi connectivity index (χ0) is 9.26. The number of aromatic amines is 1. The molecular formula is C10H8N2Se. The third-order valence-electron chi connectivity index (χ3n) is 1.98. The first-order valence-electron chi connectivity index (χ1n) is 3.96. The van der Waals surface area contributed by atoms with E-state index in [1.54, 1.807) is 0 Å². The molecule has 64 valence electrons. The number of hydrogen-bond donors (Lipinski definition) is 1. The van der Waals surface area contributed by atoms with Crippen LogP contribution in [0.15, 0.2) is 24.3 Å². The summed E-state index contributed by atoms with van der Waals surface area (Å²) in [5.41, 5.74) is 2.26. The van der Waals surface area contributed by atoms with Gasteiger partial charge in [0.1, 0.15) is 0 Å². The summed E-state index contributed by atoms with van der Waals surface area (Å²) in [6.07, 6.45) is 0. The molecule has 0 aliphatic heterocycles. The SMILES string of the molecule is Cc1[nH]c2ccccc2c1[Se]C#N. The number of nitrogens with zero attached hydrogens (tertiary/aromatic N) is 1. The third-order valence-corrected chi connectivity index (χ3v) is 3.71. The Balaban J connectivity index is 2.73. The van der Waals surface area contributed by atoms with Crippen molar-refractivity contribution < 1.29 is 0 Å². The van der Waals surface area contributed by atoms with Gasteiger partial charge in [0.25, 0.3) is 0 Å². The van der Waals surface area contributed by atoms with E-state index in [4.69, 9.17) is 5.26 Å². The number of H-pyrrole nitrogens is 1. The van der Waals surface area contributed by atoms with Crippen molar-refractivity contribution in [1.82, 2.24) is 4.98 Å². The molecule has 1 aromatic carbocycles. The molecule has 0 amide bonds. The van der Waals surface area contributed by atoms with Crippen LogP contribution in [0.3, 0.4) is 0 Å². The van der Waals surface area contributed by atoms with Gasteiger partial charge < -0.3 is 0 Å². The van der Waals surface area contributed by atoms with E-state index in [0.717, 1.165) is 11.2 Å². The molecule has 0 aliphatic carbocycles. The monoisotopic (exact) mass is 236 g/mol. The predicted molar refractivity (Wildman–Crippen MR) is 54.0 cm³/mol. The van der Waals surface area contributed by atoms with E-state index in [1.807, 2.05) is 25.1 Å². The molecule has 0 unspecified atom stereocenters. The Bertz CT molecular complexity index is 479. The Morgan fingerprint density at radius 1 is 1.38 bits per heavy atom. The van der Waals surface area contributed by atoms with Crippen LogP contribution in [0.1, 0.15) is 5.69 Å². The topological polar surface area (TPSA) is 39.6 Å². The number of nitriles is 1. The average Bonchev–Trinajstić information content (AvgIpc) is 2.44. The summed E-state index contributed by atoms with van der Waals surface area (Å²) in [5.74, 6) is 0. The summed E-state index contributed by atoms with van der Waals surface area (Å²) in [6, 6.07) is 8.11. The average molecular weight is 235 g/mol. The van der Waals surface area contributed by atoms with Gasteiger partial charge in [-0.2, -0.15) is 0 Å². The van der Waals surface area contributed by atoms with Crippen LogP contribution in [0, 0.1) is 17.2 Å². The van der Waals surface area contributed by atoms with Crippen LogP contribution in [0.5, 0.6) is 0 Å². The van der Waals surface area contributed by atoms with Crippen molar-refractivity contribution in [2.45, 2.75) is 6.92 Å². The number of nitrogens with one attached hydrogen (secondary N) is 1. The van der Waals surface area contributed by atoms with Crippen LogP contribution >= 0.6 is 0 Å². The Morgan fingerprint density at radius 2 is 2.15 bits per heavy atom. The zero-order valence-electron chi connectivity index (χ0n) is 7.16. The van der Waals surface area contributed by atoms with E-state index in [2.05, 4.69) is 16.0 Å². The molecule has 0 fully saturated rings. The second-order valence-corrected chi connectivity index (χ2v) is 4.49. The molecule has 2 rings (SSSR count). The van der Waals surface area contributed by atoms with Gasteiger partial charge in [0.2, 0.25) is 0 Å². The third kappa shape index (κ3) is 1.35. The van der Waals surface area contributed by atoms with E-state index >= 15 is 0 Å². The molecule has 3 heteroatoms. The summed E-state index contributed by atoms with van der Waals surface area (Å²) < 4.78 is 1.19. The van der Waals surface area contributed by atoms with Gasteiger partial charge in [0.05, 0.1) is 0 Å². The van der Waals surface area contributed by atoms with E-state index in [0.29, 0.717) is 0 Å². The molecule has 1 N–H and O–H groups in total. The summed E-state index contributed by atoms with van der Waals surface area (Å²) >= 11 is -0.0658. The summed E-state index contributed by atoms with van der Waals surface area (Å²) in [6.45, 7) is 2.02. The van der Waals surface area contributed by atoms with Crippen LogP contribution in [-0.4, -0.2) is 19.9 Å². The minimum absolute atomic E-state index is 0.0658. The molecule has 1 aromatic heterocycles. The fourth-order valence-electron chi connectivity index (χ4n) is 1.43. The van der Waals surface area contributed by atoms with Crippen molar-refractivity contribution >= 4 is 30.3 Å². The second kappa shape index (κ2) is 3.26. The molecule has 0 aliphatic rings. The second-order valence-electron chi connectivity index (χ2n) is 2.82. The zero-order valence-corrected chi connectivity index (χ0v) is 8.88. The number of hydrogen-bond acceptors (Lipinski definition) is 1. The molecule has 13 heavy (non-hydrogen) atoms. The Kier molecular flexibility index (Phi) is 2.10. The van der Waals surface area contributed by atoms with Crippen molar-refractivity contribution in [3.8, 4) is 4.97 Å². The molecule has 0 saturated carbocycles. The molecule has 0 spiro atoms. The van der Waals surface area contributed by atoms with Crippen molar-refractivity contribution in [3.63, 3.8) is 0 Å². The normalized spacial score (nSPS) is 10.2. The van der Waals surface area contributed by atoms with Gasteiger partial charge in [0.15, 0.2) is 0 Å². The first-order chi connectivity index (χ1) is 6.33. The fraction of sp³-hybridized carbons (Fsp3) is 0.100. The summed E-state index contributed by atoms with van der Waals surface area (Å²) in [7, 11) is 0. The number of para-hydroxylation sites is 1. The Hall–Kier alpha value is -1.23. The van der Waals surface area contributed by atoms with Crippen molar-refractivity contribution in [2.24, 2.45) is 0 Å². The van der Waals surface area contributed by atoms with Crippen LogP contribution in [0.2, 0.25) is 0 Å². The number of rotatable bonds is 1. The van der Waals surface area contributed by atoms with Crippen LogP contribution < -0.4 is 4.46 Å². The van der Waals surface area contributed by atoms with Crippen LogP contribution in [-0.2, 0) is 0 Å². The molecule has 0 saturated heterocycles. The maximum absolute atomic E-state index is 8.69. The quantitative estimate of drug-likeness (QED) is 0.743. The van der Waals surface area contributed by atoms with Gasteiger partial charge >= 0.3 is 82.4 Å². The first kappa shape index (κ1) is 8.37. The molecule has 2 nitrogen and oxygen atoms in total. The Labute approximate surface area is 82.7 Å². The summed E-state index contributed by atoms with van der Waals surface area (Å²) in [4.78, 5) is 5.52. The standard InChI is InChI=1S/C10H8N2Se/c1-7-10(13-6-11)8-4-2-3-5-9(8)12-7/h2-5,12H,1H3. The first-order valence-corrected chi connectivity index (χ1v) is 5.67. The maximum atomic E-state index is 8.69. The van der Waals surface area contributed by atoms with Crippen molar-refractivity contribution in [1.29, 1.82) is 5.26 Å². The molecule has 0 bridgehead atoms. The molecule has 1 heterocycles. The fourth-order valence-corrected chi connectivity index (χ4v) is 2.65. The molecule has 2 aromatic rings. The number of aromatic nitrogens is 1. The van der Waals surface area contributed by atoms with Crippen molar-refractivity contribution in [3.05, 3.63) is 30.0 Å². The molecule has 0 radical (unpaired) electrons. The number of benzene rings is 1. The van der Waals surface area contributed by atoms with Gasteiger partial charge in [0, 0.05) is 0 Å². The van der Waals surface area contributed by atoms with Gasteiger partial charge in [-0.15, -0.1) is 0 Å². The van der Waals surface area contributed by atoms with Gasteiger partial charge in [-0.1, -0.05) is 0 Å². The van der Waals surface area contributed by atoms with Gasteiger partial charge in [-0.3, -0.25) is 0 Å². The molecule has 0 atom stereocenters. The molecular weight excluding hydrogens is 227 g/mol. The van der Waals surface area contributed by atoms with E-state index in [9.17, 15) is 0 Å². The summed E-state index contributed by atoms with van der Waals surface area (Å²) in [5, 5.41) is 9.88. The number of fused-ring (bicyclic) bond motifs is 1. The van der Waals surface area contributed by atoms with Gasteiger partial charge in [-0.05, 0) is 0 Å². The van der Waals surface area contributed by atoms with Crippen molar-refractivity contribution in [2.75, 3.05) is 0 Å². The van der Waals surface area contributed by atoms with Crippen LogP contribution in [0.25, 0.3) is 10.9 Å². The van der Waals surface area contributed by atoms with E-state index in [1.165, 1.54) is 9.85 Å². The van der Waals surface area contributed by atoms with E-state index in [-0.39, 0.29) is 15.0 Å². The van der Waals surface area contributed by atoms with E-state index < -0.39 is 0 Å². The Morgan fingerprint density at radius 3 is 2.92 bits per heavy atom. The van der Waals surface area contributed by atoms with Gasteiger partial charge in [-0.25, -0.2) is 0 Å². The van der Waals surface area contributed by atoms with Crippen LogP contribution in [0.4, 0.5) is 0 Å². The number of aryl methyl sites for hydroxylation is 1.